The Bertz CT molecular complexity index is 736. The molecular weight excluding hydrogens is 306 g/mol. The van der Waals surface area contributed by atoms with Crippen LogP contribution in [-0.2, 0) is 6.54 Å². The second kappa shape index (κ2) is 7.89. The lowest BCUT2D eigenvalue weighted by atomic mass is 10.2. The average molecular weight is 329 g/mol. The van der Waals surface area contributed by atoms with Crippen molar-refractivity contribution in [3.05, 3.63) is 47.9 Å². The molecular formula is C17H23N5S. The topological polar surface area (TPSA) is 85.7 Å². The summed E-state index contributed by atoms with van der Waals surface area (Å²) < 4.78 is 1.96. The van der Waals surface area contributed by atoms with E-state index in [0.29, 0.717) is 6.54 Å². The quantitative estimate of drug-likeness (QED) is 0.537. The van der Waals surface area contributed by atoms with Gasteiger partial charge in [0.05, 0.1) is 11.4 Å². The molecule has 0 aliphatic carbocycles. The number of aromatic amines is 1. The molecule has 0 spiro atoms. The van der Waals surface area contributed by atoms with Crippen LogP contribution in [0.4, 0.5) is 0 Å². The van der Waals surface area contributed by atoms with Crippen molar-refractivity contribution in [2.75, 3.05) is 5.75 Å². The van der Waals surface area contributed by atoms with Gasteiger partial charge < -0.3 is 16.5 Å². The zero-order valence-electron chi connectivity index (χ0n) is 13.5. The number of imidazole rings is 1. The fourth-order valence-electron chi connectivity index (χ4n) is 2.37. The number of allylic oxidation sites excluding steroid dienone is 2. The molecule has 0 amide bonds. The second-order valence-electron chi connectivity index (χ2n) is 4.90. The molecule has 122 valence electrons. The number of nitrogens with one attached hydrogen (secondary N) is 1. The van der Waals surface area contributed by atoms with Crippen LogP contribution in [0.25, 0.3) is 23.7 Å². The Kier molecular flexibility index (Phi) is 5.90. The fraction of sp³-hybridized carbons (Fsp3) is 0.235. The Labute approximate surface area is 141 Å². The Morgan fingerprint density at radius 2 is 2.26 bits per heavy atom. The van der Waals surface area contributed by atoms with Crippen molar-refractivity contribution in [1.82, 2.24) is 14.5 Å². The van der Waals surface area contributed by atoms with E-state index in [1.54, 1.807) is 24.0 Å². The van der Waals surface area contributed by atoms with E-state index in [9.17, 15) is 0 Å². The monoisotopic (exact) mass is 329 g/mol. The molecule has 0 bridgehead atoms. The Morgan fingerprint density at radius 1 is 1.48 bits per heavy atom. The molecule has 0 aromatic carbocycles. The van der Waals surface area contributed by atoms with Gasteiger partial charge in [-0.05, 0) is 24.3 Å². The first-order valence-corrected chi connectivity index (χ1v) is 8.46. The van der Waals surface area contributed by atoms with Crippen molar-refractivity contribution in [1.29, 1.82) is 0 Å². The summed E-state index contributed by atoms with van der Waals surface area (Å²) in [4.78, 5) is 8.15. The van der Waals surface area contributed by atoms with E-state index < -0.39 is 0 Å². The predicted molar refractivity (Wildman–Crippen MR) is 99.8 cm³/mol. The molecule has 0 aliphatic rings. The van der Waals surface area contributed by atoms with Crippen molar-refractivity contribution >= 4 is 24.0 Å². The Morgan fingerprint density at radius 3 is 2.87 bits per heavy atom. The van der Waals surface area contributed by atoms with Crippen LogP contribution in [0.15, 0.2) is 36.2 Å². The Hall–Kier alpha value is -2.18. The van der Waals surface area contributed by atoms with Gasteiger partial charge >= 0.3 is 0 Å². The van der Waals surface area contributed by atoms with Gasteiger partial charge in [-0.3, -0.25) is 4.57 Å². The van der Waals surface area contributed by atoms with Gasteiger partial charge in [0.25, 0.3) is 0 Å². The molecule has 0 radical (unpaired) electrons. The maximum Gasteiger partial charge on any atom is 0.173 e. The third kappa shape index (κ3) is 3.60. The molecule has 0 unspecified atom stereocenters. The number of thioether (sulfide) groups is 1. The predicted octanol–water partition coefficient (Wildman–Crippen LogP) is 3.34. The lowest BCUT2D eigenvalue weighted by Gasteiger charge is -2.04. The van der Waals surface area contributed by atoms with E-state index >= 15 is 0 Å². The summed E-state index contributed by atoms with van der Waals surface area (Å²) in [6.45, 7) is 8.21. The first-order chi connectivity index (χ1) is 11.2. The van der Waals surface area contributed by atoms with Crippen LogP contribution >= 0.6 is 11.8 Å². The van der Waals surface area contributed by atoms with Crippen LogP contribution in [0, 0.1) is 6.92 Å². The second-order valence-corrected chi connectivity index (χ2v) is 6.13. The number of hydrogen-bond donors (Lipinski definition) is 3. The van der Waals surface area contributed by atoms with E-state index in [1.807, 2.05) is 23.6 Å². The first-order valence-electron chi connectivity index (χ1n) is 7.47. The number of hydrogen-bond acceptors (Lipinski definition) is 4. The summed E-state index contributed by atoms with van der Waals surface area (Å²) in [7, 11) is 0. The summed E-state index contributed by atoms with van der Waals surface area (Å²) in [6.07, 6.45) is 8.99. The van der Waals surface area contributed by atoms with Crippen molar-refractivity contribution in [2.45, 2.75) is 25.5 Å². The van der Waals surface area contributed by atoms with Crippen LogP contribution in [-0.4, -0.2) is 20.3 Å². The van der Waals surface area contributed by atoms with Gasteiger partial charge in [-0.2, -0.15) is 0 Å². The first kappa shape index (κ1) is 17.2. The lowest BCUT2D eigenvalue weighted by molar-refractivity contribution is 0.867. The number of rotatable bonds is 7. The standard InChI is InChI=1S/C17H23N5S/c1-4-6-7-13-10-14(20-12(13)3)16-15(11-19)22(9-8-18)17(21-16)23-5-2/h4,6-10,20H,1,5,11,18-19H2,2-3H3/b7-6-,9-8-. The molecule has 2 rings (SSSR count). The maximum absolute atomic E-state index is 5.97. The van der Waals surface area contributed by atoms with Crippen molar-refractivity contribution < 1.29 is 0 Å². The summed E-state index contributed by atoms with van der Waals surface area (Å²) >= 11 is 1.66. The van der Waals surface area contributed by atoms with Crippen LogP contribution in [0.5, 0.6) is 0 Å². The fourth-order valence-corrected chi connectivity index (χ4v) is 3.10. The van der Waals surface area contributed by atoms with Crippen LogP contribution < -0.4 is 11.5 Å². The van der Waals surface area contributed by atoms with E-state index in [-0.39, 0.29) is 0 Å². The minimum absolute atomic E-state index is 0.382. The van der Waals surface area contributed by atoms with Crippen LogP contribution in [0.3, 0.4) is 0 Å². The average Bonchev–Trinajstić information content (AvgIpc) is 3.07. The molecule has 0 atom stereocenters. The Balaban J connectivity index is 2.56. The van der Waals surface area contributed by atoms with E-state index in [1.165, 1.54) is 6.20 Å². The van der Waals surface area contributed by atoms with Crippen LogP contribution in [0.1, 0.15) is 23.9 Å². The van der Waals surface area contributed by atoms with Gasteiger partial charge in [0.15, 0.2) is 5.16 Å². The zero-order chi connectivity index (χ0) is 16.8. The molecule has 23 heavy (non-hydrogen) atoms. The summed E-state index contributed by atoms with van der Waals surface area (Å²) in [5.41, 5.74) is 16.5. The van der Waals surface area contributed by atoms with Crippen LogP contribution in [0.2, 0.25) is 0 Å². The van der Waals surface area contributed by atoms with Crippen molar-refractivity contribution in [3.8, 4) is 11.4 Å². The number of aromatic nitrogens is 3. The highest BCUT2D eigenvalue weighted by molar-refractivity contribution is 7.99. The molecule has 0 aliphatic heterocycles. The highest BCUT2D eigenvalue weighted by Crippen LogP contribution is 2.30. The number of nitrogens with two attached hydrogens (primary N) is 2. The highest BCUT2D eigenvalue weighted by Gasteiger charge is 2.18. The summed E-state index contributed by atoms with van der Waals surface area (Å²) in [5, 5.41) is 0.889. The van der Waals surface area contributed by atoms with Gasteiger partial charge in [0.2, 0.25) is 0 Å². The van der Waals surface area contributed by atoms with Crippen molar-refractivity contribution in [3.63, 3.8) is 0 Å². The zero-order valence-corrected chi connectivity index (χ0v) is 14.4. The SMILES string of the molecule is C=C/C=C\c1cc(-c2nc(SCC)n(/C=C\N)c2CN)[nH]c1C. The summed E-state index contributed by atoms with van der Waals surface area (Å²) in [5.74, 6) is 0.927. The van der Waals surface area contributed by atoms with Gasteiger partial charge in [0.1, 0.15) is 5.69 Å². The number of nitrogens with zero attached hydrogens (tertiary/aromatic N) is 2. The van der Waals surface area contributed by atoms with E-state index in [2.05, 4.69) is 24.6 Å². The lowest BCUT2D eigenvalue weighted by Crippen LogP contribution is -2.05. The normalized spacial score (nSPS) is 11.8. The highest BCUT2D eigenvalue weighted by atomic mass is 32.2. The minimum atomic E-state index is 0.382. The number of H-pyrrole nitrogens is 1. The van der Waals surface area contributed by atoms with Gasteiger partial charge in [-0.1, -0.05) is 43.5 Å². The molecule has 5 nitrogen and oxygen atoms in total. The molecule has 0 saturated carbocycles. The van der Waals surface area contributed by atoms with Gasteiger partial charge in [-0.25, -0.2) is 4.98 Å². The molecule has 2 aromatic rings. The molecule has 0 saturated heterocycles. The third-order valence-electron chi connectivity index (χ3n) is 3.40. The molecule has 5 N–H and O–H groups in total. The third-order valence-corrected chi connectivity index (χ3v) is 4.24. The summed E-state index contributed by atoms with van der Waals surface area (Å²) in [6, 6.07) is 2.08. The largest absolute Gasteiger partial charge is 0.403 e. The van der Waals surface area contributed by atoms with Gasteiger partial charge in [-0.15, -0.1) is 0 Å². The van der Waals surface area contributed by atoms with E-state index in [4.69, 9.17) is 16.5 Å². The smallest absolute Gasteiger partial charge is 0.173 e. The molecule has 2 heterocycles. The minimum Gasteiger partial charge on any atom is -0.403 e. The molecule has 2 aromatic heterocycles. The number of aryl methyl sites for hydroxylation is 1. The maximum atomic E-state index is 5.97. The van der Waals surface area contributed by atoms with E-state index in [0.717, 1.165) is 39.2 Å². The molecule has 6 heteroatoms. The molecule has 0 fully saturated rings. The van der Waals surface area contributed by atoms with Crippen molar-refractivity contribution in [2.24, 2.45) is 11.5 Å². The van der Waals surface area contributed by atoms with Gasteiger partial charge in [0, 0.05) is 24.6 Å².